The van der Waals surface area contributed by atoms with Gasteiger partial charge in [0.2, 0.25) is 5.60 Å². The van der Waals surface area contributed by atoms with Crippen molar-refractivity contribution in [3.63, 3.8) is 0 Å². The van der Waals surface area contributed by atoms with Crippen molar-refractivity contribution in [2.45, 2.75) is 18.2 Å². The first kappa shape index (κ1) is 15.3. The van der Waals surface area contributed by atoms with Crippen molar-refractivity contribution in [3.8, 4) is 5.75 Å². The molecule has 116 valence electrons. The predicted octanol–water partition coefficient (Wildman–Crippen LogP) is 4.97. The Balaban J connectivity index is 2.17. The zero-order valence-electron chi connectivity index (χ0n) is 11.0. The second-order valence-corrected chi connectivity index (χ2v) is 6.00. The minimum Gasteiger partial charge on any atom is -0.472 e. The Bertz CT molecular complexity index is 728. The summed E-state index contributed by atoms with van der Waals surface area (Å²) in [4.78, 5) is 0. The van der Waals surface area contributed by atoms with E-state index in [9.17, 15) is 13.2 Å². The molecule has 1 atom stereocenters. The van der Waals surface area contributed by atoms with Crippen molar-refractivity contribution in [3.05, 3.63) is 57.6 Å². The molecule has 3 rings (SSSR count). The highest BCUT2D eigenvalue weighted by Gasteiger charge is 2.61. The molecular formula is C15H10Cl2F3NO. The van der Waals surface area contributed by atoms with E-state index in [1.165, 1.54) is 36.4 Å². The minimum absolute atomic E-state index is 0.116. The largest absolute Gasteiger partial charge is 0.472 e. The van der Waals surface area contributed by atoms with Gasteiger partial charge < -0.3 is 10.5 Å². The first-order chi connectivity index (χ1) is 10.2. The lowest BCUT2D eigenvalue weighted by Crippen LogP contribution is -2.46. The van der Waals surface area contributed by atoms with E-state index in [0.717, 1.165) is 0 Å². The second kappa shape index (κ2) is 4.96. The maximum atomic E-state index is 13.8. The van der Waals surface area contributed by atoms with Crippen molar-refractivity contribution in [1.82, 2.24) is 0 Å². The summed E-state index contributed by atoms with van der Waals surface area (Å²) in [5, 5.41) is 0.232. The number of hydrogen-bond donors (Lipinski definition) is 1. The predicted molar refractivity (Wildman–Crippen MR) is 79.4 cm³/mol. The fraction of sp³-hybridized carbons (Fsp3) is 0.200. The van der Waals surface area contributed by atoms with Gasteiger partial charge in [0.05, 0.1) is 0 Å². The molecule has 0 amide bonds. The second-order valence-electron chi connectivity index (χ2n) is 5.13. The molecule has 2 N–H and O–H groups in total. The molecule has 1 aliphatic rings. The van der Waals surface area contributed by atoms with Gasteiger partial charge in [-0.05, 0) is 36.4 Å². The Hall–Kier alpha value is -1.59. The molecule has 0 aromatic heterocycles. The van der Waals surface area contributed by atoms with Crippen LogP contribution in [0.3, 0.4) is 0 Å². The third kappa shape index (κ3) is 2.38. The van der Waals surface area contributed by atoms with Crippen LogP contribution in [0.5, 0.6) is 5.75 Å². The summed E-state index contributed by atoms with van der Waals surface area (Å²) in [6, 6.07) is 8.22. The lowest BCUT2D eigenvalue weighted by molar-refractivity contribution is -0.248. The van der Waals surface area contributed by atoms with Crippen LogP contribution in [0.1, 0.15) is 11.1 Å². The molecule has 1 heterocycles. The van der Waals surface area contributed by atoms with Gasteiger partial charge in [0.25, 0.3) is 0 Å². The molecule has 2 aromatic carbocycles. The summed E-state index contributed by atoms with van der Waals surface area (Å²) in [5.41, 5.74) is 3.76. The Morgan fingerprint density at radius 3 is 2.27 bits per heavy atom. The normalized spacial score (nSPS) is 20.6. The quantitative estimate of drug-likeness (QED) is 0.739. The van der Waals surface area contributed by atoms with Crippen molar-refractivity contribution in [2.75, 3.05) is 5.73 Å². The maximum Gasteiger partial charge on any atom is 0.432 e. The van der Waals surface area contributed by atoms with Gasteiger partial charge in [-0.1, -0.05) is 23.2 Å². The fourth-order valence-corrected chi connectivity index (χ4v) is 3.12. The number of hydrogen-bond acceptors (Lipinski definition) is 2. The zero-order valence-corrected chi connectivity index (χ0v) is 12.6. The lowest BCUT2D eigenvalue weighted by atomic mass is 9.88. The Kier molecular flexibility index (Phi) is 3.45. The summed E-state index contributed by atoms with van der Waals surface area (Å²) in [7, 11) is 0. The Morgan fingerprint density at radius 2 is 1.68 bits per heavy atom. The van der Waals surface area contributed by atoms with E-state index >= 15 is 0 Å². The van der Waals surface area contributed by atoms with Gasteiger partial charge >= 0.3 is 6.18 Å². The lowest BCUT2D eigenvalue weighted by Gasteiger charge is -2.31. The summed E-state index contributed by atoms with van der Waals surface area (Å²) in [5.74, 6) is 0.155. The monoisotopic (exact) mass is 347 g/mol. The SMILES string of the molecule is Nc1ccc2c(c1)CC(c1cc(Cl)cc(Cl)c1)(C(F)(F)F)O2. The Labute approximate surface area is 134 Å². The van der Waals surface area contributed by atoms with Crippen molar-refractivity contribution in [1.29, 1.82) is 0 Å². The van der Waals surface area contributed by atoms with Crippen LogP contribution in [0.15, 0.2) is 36.4 Å². The summed E-state index contributed by atoms with van der Waals surface area (Å²) >= 11 is 11.7. The van der Waals surface area contributed by atoms with Crippen LogP contribution >= 0.6 is 23.2 Å². The van der Waals surface area contributed by atoms with E-state index in [2.05, 4.69) is 0 Å². The van der Waals surface area contributed by atoms with Crippen LogP contribution in [-0.2, 0) is 12.0 Å². The molecular weight excluding hydrogens is 338 g/mol. The molecule has 0 bridgehead atoms. The topological polar surface area (TPSA) is 35.2 Å². The van der Waals surface area contributed by atoms with Gasteiger partial charge in [-0.25, -0.2) is 0 Å². The van der Waals surface area contributed by atoms with Crippen molar-refractivity contribution >= 4 is 28.9 Å². The van der Waals surface area contributed by atoms with Crippen LogP contribution in [0.4, 0.5) is 18.9 Å². The van der Waals surface area contributed by atoms with Gasteiger partial charge in [-0.15, -0.1) is 0 Å². The maximum absolute atomic E-state index is 13.8. The number of rotatable bonds is 1. The van der Waals surface area contributed by atoms with E-state index in [1.807, 2.05) is 0 Å². The number of ether oxygens (including phenoxy) is 1. The average molecular weight is 348 g/mol. The van der Waals surface area contributed by atoms with Gasteiger partial charge in [0.1, 0.15) is 5.75 Å². The standard InChI is InChI=1S/C15H10Cl2F3NO/c16-10-4-9(5-11(17)6-10)14(15(18,19)20)7-8-3-12(21)1-2-13(8)22-14/h1-6H,7,21H2. The fourth-order valence-electron chi connectivity index (χ4n) is 2.60. The molecule has 0 saturated heterocycles. The number of fused-ring (bicyclic) bond motifs is 1. The van der Waals surface area contributed by atoms with Gasteiger partial charge in [-0.2, -0.15) is 13.2 Å². The third-order valence-electron chi connectivity index (χ3n) is 3.59. The molecule has 2 aromatic rings. The van der Waals surface area contributed by atoms with Gasteiger partial charge in [0, 0.05) is 33.3 Å². The number of halogens is 5. The molecule has 0 saturated carbocycles. The van der Waals surface area contributed by atoms with Crippen molar-refractivity contribution < 1.29 is 17.9 Å². The highest BCUT2D eigenvalue weighted by Crippen LogP contribution is 2.51. The number of nitrogen functional groups attached to an aromatic ring is 1. The summed E-state index contributed by atoms with van der Waals surface area (Å²) in [6.45, 7) is 0. The summed E-state index contributed by atoms with van der Waals surface area (Å²) < 4.78 is 46.7. The highest BCUT2D eigenvalue weighted by molar-refractivity contribution is 6.34. The molecule has 1 unspecified atom stereocenters. The van der Waals surface area contributed by atoms with E-state index in [-0.39, 0.29) is 27.8 Å². The van der Waals surface area contributed by atoms with Crippen LogP contribution in [0, 0.1) is 0 Å². The molecule has 0 spiro atoms. The average Bonchev–Trinajstić information content (AvgIpc) is 2.76. The summed E-state index contributed by atoms with van der Waals surface area (Å²) in [6.07, 6.45) is -5.03. The smallest absolute Gasteiger partial charge is 0.432 e. The van der Waals surface area contributed by atoms with E-state index in [1.54, 1.807) is 0 Å². The number of nitrogens with two attached hydrogens (primary N) is 1. The highest BCUT2D eigenvalue weighted by atomic mass is 35.5. The van der Waals surface area contributed by atoms with Gasteiger partial charge in [0.15, 0.2) is 0 Å². The number of anilines is 1. The molecule has 0 aliphatic carbocycles. The van der Waals surface area contributed by atoms with Crippen LogP contribution in [-0.4, -0.2) is 6.18 Å². The van der Waals surface area contributed by atoms with Crippen LogP contribution < -0.4 is 10.5 Å². The zero-order chi connectivity index (χ0) is 16.1. The van der Waals surface area contributed by atoms with Crippen molar-refractivity contribution in [2.24, 2.45) is 0 Å². The number of benzene rings is 2. The number of alkyl halides is 3. The first-order valence-electron chi connectivity index (χ1n) is 6.32. The molecule has 2 nitrogen and oxygen atoms in total. The minimum atomic E-state index is -4.64. The molecule has 0 fully saturated rings. The molecule has 22 heavy (non-hydrogen) atoms. The third-order valence-corrected chi connectivity index (χ3v) is 4.03. The Morgan fingerprint density at radius 1 is 1.05 bits per heavy atom. The van der Waals surface area contributed by atoms with E-state index in [4.69, 9.17) is 33.7 Å². The van der Waals surface area contributed by atoms with Crippen LogP contribution in [0.2, 0.25) is 10.0 Å². The van der Waals surface area contributed by atoms with Crippen LogP contribution in [0.25, 0.3) is 0 Å². The molecule has 0 radical (unpaired) electrons. The van der Waals surface area contributed by atoms with E-state index < -0.39 is 11.8 Å². The first-order valence-corrected chi connectivity index (χ1v) is 7.07. The molecule has 7 heteroatoms. The van der Waals surface area contributed by atoms with E-state index in [0.29, 0.717) is 11.3 Å². The molecule has 1 aliphatic heterocycles. The van der Waals surface area contributed by atoms with Gasteiger partial charge in [-0.3, -0.25) is 0 Å².